The highest BCUT2D eigenvalue weighted by molar-refractivity contribution is 14.1. The van der Waals surface area contributed by atoms with Crippen LogP contribution in [0, 0.1) is 3.57 Å². The molecular weight excluding hydrogens is 373 g/mol. The molecule has 0 atom stereocenters. The molecule has 0 bridgehead atoms. The van der Waals surface area contributed by atoms with Crippen molar-refractivity contribution in [2.24, 2.45) is 0 Å². The first-order valence-corrected chi connectivity index (χ1v) is 7.71. The fourth-order valence-corrected chi connectivity index (χ4v) is 3.19. The molecule has 0 saturated heterocycles. The zero-order valence-corrected chi connectivity index (χ0v) is 13.2. The molecule has 0 unspecified atom stereocenters. The maximum Gasteiger partial charge on any atom is 0.238 e. The Bertz CT molecular complexity index is 707. The number of anilines is 1. The molecule has 0 saturated carbocycles. The van der Waals surface area contributed by atoms with Crippen molar-refractivity contribution in [1.29, 1.82) is 0 Å². The number of thiazole rings is 1. The zero-order valence-electron chi connectivity index (χ0n) is 10.3. The van der Waals surface area contributed by atoms with Gasteiger partial charge in [-0.15, -0.1) is 11.3 Å². The minimum Gasteiger partial charge on any atom is -0.480 e. The van der Waals surface area contributed by atoms with Crippen LogP contribution in [0.2, 0.25) is 0 Å². The molecule has 98 valence electrons. The fraction of sp³-hybridized carbons (Fsp3) is 0.154. The normalized spacial score (nSPS) is 10.8. The van der Waals surface area contributed by atoms with Gasteiger partial charge in [-0.25, -0.2) is 0 Å². The number of hydrogen-bond donors (Lipinski definition) is 1. The topological polar surface area (TPSA) is 38.6 Å². The highest BCUT2D eigenvalue weighted by Gasteiger charge is 2.13. The Labute approximate surface area is 128 Å². The number of nitrogens with one attached hydrogen (secondary N) is 1. The minimum absolute atomic E-state index is 0.682. The molecule has 2 heterocycles. The van der Waals surface area contributed by atoms with E-state index in [1.165, 1.54) is 3.57 Å². The summed E-state index contributed by atoms with van der Waals surface area (Å²) < 4.78 is 8.61. The lowest BCUT2D eigenvalue weighted by atomic mass is 10.3. The van der Waals surface area contributed by atoms with Gasteiger partial charge in [-0.1, -0.05) is 6.07 Å². The summed E-state index contributed by atoms with van der Waals surface area (Å²) in [6, 6.07) is 8.28. The predicted molar refractivity (Wildman–Crippen MR) is 86.1 cm³/mol. The zero-order chi connectivity index (χ0) is 13.2. The van der Waals surface area contributed by atoms with Crippen LogP contribution in [0.5, 0.6) is 5.88 Å². The average Bonchev–Trinajstić information content (AvgIpc) is 2.96. The van der Waals surface area contributed by atoms with E-state index in [2.05, 4.69) is 55.5 Å². The van der Waals surface area contributed by atoms with Crippen molar-refractivity contribution < 1.29 is 4.74 Å². The van der Waals surface area contributed by atoms with Crippen LogP contribution in [0.15, 0.2) is 35.8 Å². The van der Waals surface area contributed by atoms with Gasteiger partial charge in [0.25, 0.3) is 0 Å². The Morgan fingerprint density at radius 2 is 2.37 bits per heavy atom. The van der Waals surface area contributed by atoms with Crippen LogP contribution in [0.4, 0.5) is 5.69 Å². The molecule has 4 nitrogen and oxygen atoms in total. The number of imidazole rings is 1. The molecule has 2 aromatic heterocycles. The van der Waals surface area contributed by atoms with E-state index >= 15 is 0 Å². The maximum atomic E-state index is 5.33. The van der Waals surface area contributed by atoms with Crippen molar-refractivity contribution in [3.63, 3.8) is 0 Å². The SMILES string of the molecule is COc1nc2sccn2c1CNc1cccc(I)c1. The van der Waals surface area contributed by atoms with E-state index in [1.807, 2.05) is 17.6 Å². The van der Waals surface area contributed by atoms with Crippen LogP contribution in [0.1, 0.15) is 5.69 Å². The van der Waals surface area contributed by atoms with Gasteiger partial charge in [-0.3, -0.25) is 4.40 Å². The van der Waals surface area contributed by atoms with Gasteiger partial charge < -0.3 is 10.1 Å². The van der Waals surface area contributed by atoms with E-state index in [0.29, 0.717) is 12.4 Å². The second-order valence-electron chi connectivity index (χ2n) is 3.99. The number of methoxy groups -OCH3 is 1. The molecule has 19 heavy (non-hydrogen) atoms. The van der Waals surface area contributed by atoms with Crippen molar-refractivity contribution in [2.75, 3.05) is 12.4 Å². The number of ether oxygens (including phenoxy) is 1. The Kier molecular flexibility index (Phi) is 3.61. The molecule has 0 aliphatic rings. The second kappa shape index (κ2) is 5.38. The van der Waals surface area contributed by atoms with Crippen LogP contribution in [0.3, 0.4) is 0 Å². The van der Waals surface area contributed by atoms with E-state index in [4.69, 9.17) is 4.74 Å². The summed E-state index contributed by atoms with van der Waals surface area (Å²) in [5.74, 6) is 0.685. The van der Waals surface area contributed by atoms with Crippen LogP contribution < -0.4 is 10.1 Å². The standard InChI is InChI=1S/C13H12IN3OS/c1-18-12-11(17-5-6-19-13(17)16-12)8-15-10-4-2-3-9(14)7-10/h2-7,15H,8H2,1H3. The van der Waals surface area contributed by atoms with Crippen LogP contribution in [-0.2, 0) is 6.54 Å². The molecule has 0 aliphatic heterocycles. The van der Waals surface area contributed by atoms with Crippen molar-refractivity contribution in [2.45, 2.75) is 6.54 Å². The van der Waals surface area contributed by atoms with Crippen LogP contribution >= 0.6 is 33.9 Å². The number of benzene rings is 1. The first-order valence-electron chi connectivity index (χ1n) is 5.76. The van der Waals surface area contributed by atoms with Gasteiger partial charge in [0.15, 0.2) is 4.96 Å². The monoisotopic (exact) mass is 385 g/mol. The van der Waals surface area contributed by atoms with E-state index in [-0.39, 0.29) is 0 Å². The van der Waals surface area contributed by atoms with E-state index in [1.54, 1.807) is 18.4 Å². The Balaban J connectivity index is 1.86. The Hall–Kier alpha value is -1.28. The number of fused-ring (bicyclic) bond motifs is 1. The van der Waals surface area contributed by atoms with Crippen LogP contribution in [0.25, 0.3) is 4.96 Å². The molecule has 0 spiro atoms. The average molecular weight is 385 g/mol. The summed E-state index contributed by atoms with van der Waals surface area (Å²) in [5.41, 5.74) is 2.14. The van der Waals surface area contributed by atoms with Crippen molar-refractivity contribution >= 4 is 44.6 Å². The number of rotatable bonds is 4. The predicted octanol–water partition coefficient (Wildman–Crippen LogP) is 3.62. The summed E-state index contributed by atoms with van der Waals surface area (Å²) in [6.45, 7) is 0.682. The fourth-order valence-electron chi connectivity index (χ4n) is 1.92. The smallest absolute Gasteiger partial charge is 0.238 e. The summed E-state index contributed by atoms with van der Waals surface area (Å²) >= 11 is 3.91. The third kappa shape index (κ3) is 2.55. The molecule has 3 rings (SSSR count). The summed E-state index contributed by atoms with van der Waals surface area (Å²) in [6.07, 6.45) is 2.02. The Morgan fingerprint density at radius 1 is 1.47 bits per heavy atom. The molecule has 6 heteroatoms. The molecule has 3 aromatic rings. The number of aromatic nitrogens is 2. The molecule has 0 radical (unpaired) electrons. The first-order chi connectivity index (χ1) is 9.28. The summed E-state index contributed by atoms with van der Waals surface area (Å²) in [7, 11) is 1.65. The van der Waals surface area contributed by atoms with Gasteiger partial charge in [-0.05, 0) is 40.8 Å². The highest BCUT2D eigenvalue weighted by atomic mass is 127. The van der Waals surface area contributed by atoms with Crippen molar-refractivity contribution in [1.82, 2.24) is 9.38 Å². The molecule has 0 aliphatic carbocycles. The molecule has 1 aromatic carbocycles. The van der Waals surface area contributed by atoms with E-state index in [9.17, 15) is 0 Å². The molecule has 1 N–H and O–H groups in total. The summed E-state index contributed by atoms with van der Waals surface area (Å²) in [5, 5.41) is 5.43. The molecular formula is C13H12IN3OS. The van der Waals surface area contributed by atoms with Gasteiger partial charge in [0.2, 0.25) is 5.88 Å². The van der Waals surface area contributed by atoms with Crippen LogP contribution in [-0.4, -0.2) is 16.5 Å². The maximum absolute atomic E-state index is 5.33. The van der Waals surface area contributed by atoms with Crippen molar-refractivity contribution in [3.8, 4) is 5.88 Å². The second-order valence-corrected chi connectivity index (χ2v) is 6.11. The Morgan fingerprint density at radius 3 is 3.16 bits per heavy atom. The van der Waals surface area contributed by atoms with E-state index in [0.717, 1.165) is 16.3 Å². The first kappa shape index (κ1) is 12.7. The number of halogens is 1. The van der Waals surface area contributed by atoms with Gasteiger partial charge in [0.1, 0.15) is 5.69 Å². The molecule has 0 fully saturated rings. The largest absolute Gasteiger partial charge is 0.480 e. The van der Waals surface area contributed by atoms with Gasteiger partial charge in [0, 0.05) is 20.8 Å². The van der Waals surface area contributed by atoms with Gasteiger partial charge >= 0.3 is 0 Å². The highest BCUT2D eigenvalue weighted by Crippen LogP contribution is 2.24. The van der Waals surface area contributed by atoms with Gasteiger partial charge in [0.05, 0.1) is 13.7 Å². The lowest BCUT2D eigenvalue weighted by Gasteiger charge is -2.07. The van der Waals surface area contributed by atoms with Gasteiger partial charge in [-0.2, -0.15) is 4.98 Å². The quantitative estimate of drug-likeness (QED) is 0.698. The summed E-state index contributed by atoms with van der Waals surface area (Å²) in [4.78, 5) is 5.39. The third-order valence-corrected chi connectivity index (χ3v) is 4.23. The van der Waals surface area contributed by atoms with E-state index < -0.39 is 0 Å². The third-order valence-electron chi connectivity index (χ3n) is 2.80. The number of hydrogen-bond acceptors (Lipinski definition) is 4. The minimum atomic E-state index is 0.682. The lowest BCUT2D eigenvalue weighted by Crippen LogP contribution is -2.03. The van der Waals surface area contributed by atoms with Crippen molar-refractivity contribution in [3.05, 3.63) is 45.1 Å². The molecule has 0 amide bonds. The lowest BCUT2D eigenvalue weighted by molar-refractivity contribution is 0.395. The number of nitrogens with zero attached hydrogens (tertiary/aromatic N) is 2.